The molecule has 204 valence electrons. The van der Waals surface area contributed by atoms with Crippen molar-refractivity contribution in [1.29, 1.82) is 0 Å². The molecule has 5 rings (SSSR count). The van der Waals surface area contributed by atoms with Gasteiger partial charge in [0.2, 0.25) is 5.91 Å². The van der Waals surface area contributed by atoms with Crippen molar-refractivity contribution in [3.8, 4) is 5.82 Å². The average Bonchev–Trinajstić information content (AvgIpc) is 3.50. The van der Waals surface area contributed by atoms with Crippen LogP contribution in [0.15, 0.2) is 42.9 Å². The molecule has 0 aliphatic heterocycles. The zero-order chi connectivity index (χ0) is 27.7. The van der Waals surface area contributed by atoms with E-state index in [4.69, 9.17) is 9.97 Å². The molecule has 1 saturated carbocycles. The van der Waals surface area contributed by atoms with Gasteiger partial charge in [-0.2, -0.15) is 10.2 Å². The van der Waals surface area contributed by atoms with Crippen molar-refractivity contribution in [2.24, 2.45) is 11.3 Å². The monoisotopic (exact) mass is 531 g/mol. The van der Waals surface area contributed by atoms with Gasteiger partial charge in [-0.05, 0) is 57.1 Å². The number of aromatic amines is 1. The Labute approximate surface area is 226 Å². The van der Waals surface area contributed by atoms with Crippen molar-refractivity contribution in [3.05, 3.63) is 71.4 Å². The molecule has 0 spiro atoms. The maximum absolute atomic E-state index is 13.4. The highest BCUT2D eigenvalue weighted by molar-refractivity contribution is 5.80. The van der Waals surface area contributed by atoms with Crippen LogP contribution in [0.2, 0.25) is 0 Å². The molecule has 4 heterocycles. The van der Waals surface area contributed by atoms with Crippen LogP contribution in [0.1, 0.15) is 74.8 Å². The van der Waals surface area contributed by atoms with Crippen molar-refractivity contribution in [2.45, 2.75) is 65.8 Å². The first-order valence-corrected chi connectivity index (χ1v) is 13.2. The molecule has 1 fully saturated rings. The van der Waals surface area contributed by atoms with Crippen LogP contribution >= 0.6 is 0 Å². The van der Waals surface area contributed by atoms with Gasteiger partial charge in [-0.3, -0.25) is 9.89 Å². The van der Waals surface area contributed by atoms with Gasteiger partial charge in [0.05, 0.1) is 18.4 Å². The Morgan fingerprint density at radius 1 is 1.15 bits per heavy atom. The Bertz CT molecular complexity index is 1460. The molecule has 11 heteroatoms. The minimum atomic E-state index is -0.422. The minimum Gasteiger partial charge on any atom is -0.349 e. The van der Waals surface area contributed by atoms with E-state index in [1.807, 2.05) is 39.0 Å². The second kappa shape index (κ2) is 10.5. The van der Waals surface area contributed by atoms with E-state index < -0.39 is 5.82 Å². The first-order valence-electron chi connectivity index (χ1n) is 13.2. The first kappa shape index (κ1) is 26.5. The predicted octanol–water partition coefficient (Wildman–Crippen LogP) is 5.07. The van der Waals surface area contributed by atoms with E-state index in [1.54, 1.807) is 12.3 Å². The molecule has 0 saturated heterocycles. The second-order valence-electron chi connectivity index (χ2n) is 11.1. The summed E-state index contributed by atoms with van der Waals surface area (Å²) in [6.07, 6.45) is 6.48. The third-order valence-electron chi connectivity index (χ3n) is 7.45. The van der Waals surface area contributed by atoms with Crippen LogP contribution < -0.4 is 10.6 Å². The van der Waals surface area contributed by atoms with Gasteiger partial charge in [-0.15, -0.1) is 0 Å². The number of aryl methyl sites for hydroxylation is 2. The number of rotatable bonds is 7. The molecule has 0 radical (unpaired) electrons. The molecule has 4 aromatic rings. The van der Waals surface area contributed by atoms with Crippen LogP contribution in [0.4, 0.5) is 16.0 Å². The van der Waals surface area contributed by atoms with E-state index in [-0.39, 0.29) is 29.2 Å². The second-order valence-corrected chi connectivity index (χ2v) is 11.1. The zero-order valence-electron chi connectivity index (χ0n) is 22.9. The van der Waals surface area contributed by atoms with Gasteiger partial charge in [0.25, 0.3) is 0 Å². The number of amides is 1. The summed E-state index contributed by atoms with van der Waals surface area (Å²) in [7, 11) is 0. The van der Waals surface area contributed by atoms with Crippen LogP contribution in [-0.2, 0) is 4.79 Å². The summed E-state index contributed by atoms with van der Waals surface area (Å²) < 4.78 is 14.6. The fraction of sp³-hybridized carbons (Fsp3) is 0.429. The quantitative estimate of drug-likeness (QED) is 0.304. The number of pyridine rings is 1. The zero-order valence-corrected chi connectivity index (χ0v) is 22.9. The van der Waals surface area contributed by atoms with Crippen LogP contribution in [0, 0.1) is 31.0 Å². The highest BCUT2D eigenvalue weighted by Gasteiger charge is 2.42. The molecule has 10 nitrogen and oxygen atoms in total. The van der Waals surface area contributed by atoms with E-state index >= 15 is 0 Å². The lowest BCUT2D eigenvalue weighted by Crippen LogP contribution is -2.43. The number of aromatic nitrogens is 7. The number of H-pyrrole nitrogens is 1. The molecular weight excluding hydrogens is 497 g/mol. The average molecular weight is 532 g/mol. The maximum Gasteiger partial charge on any atom is 0.224 e. The lowest BCUT2D eigenvalue weighted by atomic mass is 9.64. The normalized spacial score (nSPS) is 19.4. The molecule has 3 atom stereocenters. The number of halogens is 1. The van der Waals surface area contributed by atoms with Crippen LogP contribution in [-0.4, -0.2) is 40.8 Å². The van der Waals surface area contributed by atoms with Crippen molar-refractivity contribution in [1.82, 2.24) is 40.2 Å². The van der Waals surface area contributed by atoms with Crippen LogP contribution in [0.3, 0.4) is 0 Å². The number of anilines is 2. The minimum absolute atomic E-state index is 0.0330. The largest absolute Gasteiger partial charge is 0.349 e. The Kier molecular flexibility index (Phi) is 7.16. The van der Waals surface area contributed by atoms with Gasteiger partial charge in [-0.1, -0.05) is 19.9 Å². The molecule has 1 aliphatic rings. The highest BCUT2D eigenvalue weighted by Crippen LogP contribution is 2.47. The molecule has 0 unspecified atom stereocenters. The molecular formula is C28H34FN9O. The predicted molar refractivity (Wildman–Crippen MR) is 145 cm³/mol. The fourth-order valence-corrected chi connectivity index (χ4v) is 5.41. The highest BCUT2D eigenvalue weighted by atomic mass is 19.1. The molecule has 4 aromatic heterocycles. The first-order chi connectivity index (χ1) is 18.6. The Balaban J connectivity index is 1.23. The van der Waals surface area contributed by atoms with Crippen molar-refractivity contribution < 1.29 is 9.18 Å². The summed E-state index contributed by atoms with van der Waals surface area (Å²) in [5.74, 6) is 2.38. The molecule has 1 aliphatic carbocycles. The van der Waals surface area contributed by atoms with Gasteiger partial charge in [0.1, 0.15) is 11.6 Å². The molecule has 0 bridgehead atoms. The van der Waals surface area contributed by atoms with Crippen molar-refractivity contribution in [2.75, 3.05) is 5.32 Å². The summed E-state index contributed by atoms with van der Waals surface area (Å²) in [5, 5.41) is 17.5. The maximum atomic E-state index is 13.4. The van der Waals surface area contributed by atoms with Gasteiger partial charge >= 0.3 is 0 Å². The lowest BCUT2D eigenvalue weighted by molar-refractivity contribution is -0.131. The van der Waals surface area contributed by atoms with E-state index in [1.165, 1.54) is 10.9 Å². The van der Waals surface area contributed by atoms with Gasteiger partial charge in [0, 0.05) is 41.6 Å². The van der Waals surface area contributed by atoms with Crippen molar-refractivity contribution in [3.63, 3.8) is 0 Å². The Hall–Kier alpha value is -4.15. The molecule has 0 aromatic carbocycles. The number of hydrogen-bond donors (Lipinski definition) is 3. The van der Waals surface area contributed by atoms with E-state index in [9.17, 15) is 9.18 Å². The van der Waals surface area contributed by atoms with Gasteiger partial charge < -0.3 is 10.6 Å². The number of nitrogens with one attached hydrogen (secondary N) is 3. The number of carbonyl (C=O) groups is 1. The van der Waals surface area contributed by atoms with Gasteiger partial charge in [-0.25, -0.2) is 24.0 Å². The van der Waals surface area contributed by atoms with E-state index in [2.05, 4.69) is 44.8 Å². The summed E-state index contributed by atoms with van der Waals surface area (Å²) in [5.41, 5.74) is 2.49. The summed E-state index contributed by atoms with van der Waals surface area (Å²) in [6, 6.07) is 7.25. The van der Waals surface area contributed by atoms with Crippen molar-refractivity contribution >= 4 is 17.5 Å². The fourth-order valence-electron chi connectivity index (χ4n) is 5.41. The molecule has 1 amide bonds. The van der Waals surface area contributed by atoms with E-state index in [0.717, 1.165) is 48.2 Å². The molecule has 39 heavy (non-hydrogen) atoms. The summed E-state index contributed by atoms with van der Waals surface area (Å²) in [6.45, 7) is 10.2. The summed E-state index contributed by atoms with van der Waals surface area (Å²) in [4.78, 5) is 27.3. The number of carbonyl (C=O) groups excluding carboxylic acids is 1. The van der Waals surface area contributed by atoms with Gasteiger partial charge in [0.15, 0.2) is 17.5 Å². The topological polar surface area (TPSA) is 126 Å². The lowest BCUT2D eigenvalue weighted by Gasteiger charge is -2.41. The molecule has 3 N–H and O–H groups in total. The van der Waals surface area contributed by atoms with Crippen LogP contribution in [0.25, 0.3) is 5.82 Å². The Morgan fingerprint density at radius 2 is 1.97 bits per heavy atom. The third kappa shape index (κ3) is 5.97. The number of nitrogens with zero attached hydrogens (tertiary/aromatic N) is 6. The van der Waals surface area contributed by atoms with E-state index in [0.29, 0.717) is 17.5 Å². The van der Waals surface area contributed by atoms with Crippen LogP contribution in [0.5, 0.6) is 0 Å². The standard InChI is InChI=1S/C28H34FN9O/c1-16-10-23(34-24-11-17(2)36-37-24)35-26(32-16)19-6-8-22(28(4,5)12-19)27(39)33-18(3)20-7-9-25(30-13-20)38-15-21(29)14-31-38/h7,9-11,13-15,18-19,22H,6,8,12H2,1-5H3,(H,33,39)(H2,32,34,35,36,37)/t18-,19+,22-/m0/s1. The SMILES string of the molecule is Cc1cc(Nc2cc(C)[nH]n2)nc([C@@H]2CC[C@@H](C(=O)N[C@@H](C)c3ccc(-n4cc(F)cn4)nc3)C(C)(C)C2)n1. The summed E-state index contributed by atoms with van der Waals surface area (Å²) >= 11 is 0. The number of hydrogen-bond acceptors (Lipinski definition) is 7. The Morgan fingerprint density at radius 3 is 2.62 bits per heavy atom. The smallest absolute Gasteiger partial charge is 0.224 e. The third-order valence-corrected chi connectivity index (χ3v) is 7.45.